The molecule has 5 nitrogen and oxygen atoms in total. The molecule has 0 unspecified atom stereocenters. The van der Waals surface area contributed by atoms with Crippen LogP contribution in [0.5, 0.6) is 11.5 Å². The van der Waals surface area contributed by atoms with Crippen molar-refractivity contribution < 1.29 is 23.4 Å². The van der Waals surface area contributed by atoms with Crippen molar-refractivity contribution in [2.75, 3.05) is 25.7 Å². The Morgan fingerprint density at radius 1 is 1.19 bits per heavy atom. The second kappa shape index (κ2) is 9.46. The summed E-state index contributed by atoms with van der Waals surface area (Å²) in [5, 5.41) is 0.231. The highest BCUT2D eigenvalue weighted by Gasteiger charge is 2.25. The van der Waals surface area contributed by atoms with Crippen LogP contribution >= 0.6 is 11.6 Å². The van der Waals surface area contributed by atoms with Gasteiger partial charge in [-0.3, -0.25) is 0 Å². The van der Waals surface area contributed by atoms with Crippen molar-refractivity contribution in [1.29, 1.82) is 0 Å². The van der Waals surface area contributed by atoms with Gasteiger partial charge in [-0.25, -0.2) is 9.18 Å². The second-order valence-corrected chi connectivity index (χ2v) is 6.24. The molecule has 0 amide bonds. The Morgan fingerprint density at radius 3 is 2.37 bits per heavy atom. The number of methoxy groups -OCH3 is 2. The standard InChI is InChI=1S/C20H23ClFNO4/c1-5-23(13(2)20(24)26-4)19-11-14(22)10-18(21)17(19)12-27-16-8-6-15(25-3)7-9-16/h6-11,13H,5,12H2,1-4H3/t13-/m0/s1. The fourth-order valence-electron chi connectivity index (χ4n) is 2.77. The molecule has 0 aliphatic carbocycles. The molecule has 0 aliphatic heterocycles. The molecule has 0 bridgehead atoms. The van der Waals surface area contributed by atoms with Crippen LogP contribution in [-0.2, 0) is 16.1 Å². The number of carbonyl (C=O) groups is 1. The first-order chi connectivity index (χ1) is 12.9. The number of ether oxygens (including phenoxy) is 3. The Balaban J connectivity index is 2.32. The number of carbonyl (C=O) groups excluding carboxylic acids is 1. The largest absolute Gasteiger partial charge is 0.497 e. The molecule has 0 spiro atoms. The summed E-state index contributed by atoms with van der Waals surface area (Å²) >= 11 is 6.28. The number of hydrogen-bond acceptors (Lipinski definition) is 5. The van der Waals surface area contributed by atoms with Gasteiger partial charge in [0.05, 0.1) is 19.2 Å². The molecule has 2 aromatic carbocycles. The first kappa shape index (κ1) is 20.8. The highest BCUT2D eigenvalue weighted by atomic mass is 35.5. The van der Waals surface area contributed by atoms with E-state index in [1.54, 1.807) is 43.2 Å². The summed E-state index contributed by atoms with van der Waals surface area (Å²) in [6, 6.07) is 9.07. The van der Waals surface area contributed by atoms with Crippen molar-refractivity contribution in [3.05, 3.63) is 52.8 Å². The van der Waals surface area contributed by atoms with Gasteiger partial charge in [-0.05, 0) is 50.2 Å². The van der Waals surface area contributed by atoms with Crippen LogP contribution in [-0.4, -0.2) is 32.8 Å². The summed E-state index contributed by atoms with van der Waals surface area (Å²) in [7, 11) is 2.90. The van der Waals surface area contributed by atoms with E-state index in [4.69, 9.17) is 25.8 Å². The molecule has 0 saturated heterocycles. The zero-order valence-electron chi connectivity index (χ0n) is 15.8. The van der Waals surface area contributed by atoms with Gasteiger partial charge in [0.25, 0.3) is 0 Å². The average molecular weight is 396 g/mol. The second-order valence-electron chi connectivity index (χ2n) is 5.83. The third-order valence-electron chi connectivity index (χ3n) is 4.24. The van der Waals surface area contributed by atoms with Crippen LogP contribution < -0.4 is 14.4 Å². The van der Waals surface area contributed by atoms with Gasteiger partial charge in [0.15, 0.2) is 0 Å². The van der Waals surface area contributed by atoms with Gasteiger partial charge >= 0.3 is 5.97 Å². The number of halogens is 2. The van der Waals surface area contributed by atoms with Crippen molar-refractivity contribution >= 4 is 23.3 Å². The molecule has 2 rings (SSSR count). The molecule has 0 heterocycles. The molecule has 1 atom stereocenters. The number of nitrogens with zero attached hydrogens (tertiary/aromatic N) is 1. The molecule has 0 aromatic heterocycles. The van der Waals surface area contributed by atoms with E-state index < -0.39 is 17.8 Å². The maximum Gasteiger partial charge on any atom is 0.328 e. The van der Waals surface area contributed by atoms with E-state index in [1.807, 2.05) is 6.92 Å². The first-order valence-corrected chi connectivity index (χ1v) is 8.88. The Kier molecular flexibility index (Phi) is 7.30. The topological polar surface area (TPSA) is 48.0 Å². The van der Waals surface area contributed by atoms with Gasteiger partial charge in [0.1, 0.15) is 30.0 Å². The lowest BCUT2D eigenvalue weighted by Gasteiger charge is -2.30. The van der Waals surface area contributed by atoms with E-state index in [-0.39, 0.29) is 11.6 Å². The van der Waals surface area contributed by atoms with Gasteiger partial charge in [-0.1, -0.05) is 11.6 Å². The third-order valence-corrected chi connectivity index (χ3v) is 4.58. The number of hydrogen-bond donors (Lipinski definition) is 0. The minimum absolute atomic E-state index is 0.116. The maximum atomic E-state index is 14.0. The lowest BCUT2D eigenvalue weighted by atomic mass is 10.1. The average Bonchev–Trinajstić information content (AvgIpc) is 2.67. The number of benzene rings is 2. The lowest BCUT2D eigenvalue weighted by molar-refractivity contribution is -0.141. The van der Waals surface area contributed by atoms with Crippen molar-refractivity contribution in [3.8, 4) is 11.5 Å². The summed E-state index contributed by atoms with van der Waals surface area (Å²) in [4.78, 5) is 13.7. The number of anilines is 1. The molecule has 0 fully saturated rings. The molecule has 0 N–H and O–H groups in total. The minimum atomic E-state index is -0.599. The summed E-state index contributed by atoms with van der Waals surface area (Å²) in [6.45, 7) is 4.14. The summed E-state index contributed by atoms with van der Waals surface area (Å²) in [5.74, 6) is 0.427. The van der Waals surface area contributed by atoms with Gasteiger partial charge < -0.3 is 19.1 Å². The Labute approximate surface area is 163 Å². The van der Waals surface area contributed by atoms with E-state index >= 15 is 0 Å². The van der Waals surface area contributed by atoms with Gasteiger partial charge in [-0.2, -0.15) is 0 Å². The predicted octanol–water partition coefficient (Wildman–Crippen LogP) is 4.45. The molecular formula is C20H23ClFNO4. The van der Waals surface area contributed by atoms with Crippen LogP contribution in [0.15, 0.2) is 36.4 Å². The smallest absolute Gasteiger partial charge is 0.328 e. The molecule has 27 heavy (non-hydrogen) atoms. The summed E-state index contributed by atoms with van der Waals surface area (Å²) in [6.07, 6.45) is 0. The Hall–Kier alpha value is -2.47. The predicted molar refractivity (Wildman–Crippen MR) is 103 cm³/mol. The van der Waals surface area contributed by atoms with Crippen molar-refractivity contribution in [2.24, 2.45) is 0 Å². The van der Waals surface area contributed by atoms with Crippen LogP contribution in [0.4, 0.5) is 10.1 Å². The van der Waals surface area contributed by atoms with E-state index in [1.165, 1.54) is 19.2 Å². The molecule has 2 aromatic rings. The van der Waals surface area contributed by atoms with E-state index in [9.17, 15) is 9.18 Å². The monoisotopic (exact) mass is 395 g/mol. The molecule has 146 valence electrons. The third kappa shape index (κ3) is 5.04. The maximum absolute atomic E-state index is 14.0. The fourth-order valence-corrected chi connectivity index (χ4v) is 3.02. The molecule has 0 saturated carbocycles. The van der Waals surface area contributed by atoms with Crippen molar-refractivity contribution in [2.45, 2.75) is 26.5 Å². The summed E-state index contributed by atoms with van der Waals surface area (Å²) in [5.41, 5.74) is 1.08. The van der Waals surface area contributed by atoms with E-state index in [0.29, 0.717) is 29.3 Å². The Morgan fingerprint density at radius 2 is 1.81 bits per heavy atom. The zero-order chi connectivity index (χ0) is 20.0. The highest BCUT2D eigenvalue weighted by molar-refractivity contribution is 6.31. The minimum Gasteiger partial charge on any atom is -0.497 e. The van der Waals surface area contributed by atoms with E-state index in [2.05, 4.69) is 0 Å². The molecule has 7 heteroatoms. The van der Waals surface area contributed by atoms with Gasteiger partial charge in [-0.15, -0.1) is 0 Å². The fraction of sp³-hybridized carbons (Fsp3) is 0.350. The SMILES string of the molecule is CCN(c1cc(F)cc(Cl)c1COc1ccc(OC)cc1)[C@@H](C)C(=O)OC. The van der Waals surface area contributed by atoms with Crippen molar-refractivity contribution in [3.63, 3.8) is 0 Å². The molecule has 0 aliphatic rings. The summed E-state index contributed by atoms with van der Waals surface area (Å²) < 4.78 is 29.8. The van der Waals surface area contributed by atoms with E-state index in [0.717, 1.165) is 0 Å². The molecular weight excluding hydrogens is 373 g/mol. The zero-order valence-corrected chi connectivity index (χ0v) is 16.5. The first-order valence-electron chi connectivity index (χ1n) is 8.50. The molecule has 0 radical (unpaired) electrons. The van der Waals surface area contributed by atoms with Crippen molar-refractivity contribution in [1.82, 2.24) is 0 Å². The van der Waals surface area contributed by atoms with Gasteiger partial charge in [0.2, 0.25) is 0 Å². The van der Waals surface area contributed by atoms with Crippen LogP contribution in [0, 0.1) is 5.82 Å². The number of likely N-dealkylation sites (N-methyl/N-ethyl adjacent to an activating group) is 1. The quantitative estimate of drug-likeness (QED) is 0.618. The number of rotatable bonds is 8. The van der Waals surface area contributed by atoms with Crippen LogP contribution in [0.1, 0.15) is 19.4 Å². The highest BCUT2D eigenvalue weighted by Crippen LogP contribution is 2.32. The normalized spacial score (nSPS) is 11.6. The van der Waals surface area contributed by atoms with Gasteiger partial charge in [0, 0.05) is 17.8 Å². The number of esters is 1. The van der Waals surface area contributed by atoms with Crippen LogP contribution in [0.25, 0.3) is 0 Å². The Bertz CT molecular complexity index is 782. The van der Waals surface area contributed by atoms with Crippen LogP contribution in [0.3, 0.4) is 0 Å². The lowest BCUT2D eigenvalue weighted by Crippen LogP contribution is -2.40. The van der Waals surface area contributed by atoms with Crippen LogP contribution in [0.2, 0.25) is 5.02 Å².